The van der Waals surface area contributed by atoms with Crippen LogP contribution in [0.4, 0.5) is 0 Å². The SMILES string of the molecule is CNC(=O)CN1CCN(C(=O)C(C)Oc2ccc(Br)cc2)CC1. The fourth-order valence-electron chi connectivity index (χ4n) is 2.43. The zero-order valence-corrected chi connectivity index (χ0v) is 15.0. The minimum atomic E-state index is -0.526. The van der Waals surface area contributed by atoms with E-state index in [1.165, 1.54) is 0 Å². The Balaban J connectivity index is 1.81. The quantitative estimate of drug-likeness (QED) is 0.826. The molecule has 1 aromatic carbocycles. The number of piperazine rings is 1. The van der Waals surface area contributed by atoms with E-state index in [1.807, 2.05) is 29.2 Å². The number of ether oxygens (including phenoxy) is 1. The Bertz CT molecular complexity index is 542. The summed E-state index contributed by atoms with van der Waals surface area (Å²) in [7, 11) is 1.63. The lowest BCUT2D eigenvalue weighted by Crippen LogP contribution is -2.53. The van der Waals surface area contributed by atoms with E-state index in [-0.39, 0.29) is 11.8 Å². The number of amides is 2. The van der Waals surface area contributed by atoms with E-state index in [2.05, 4.69) is 21.2 Å². The number of benzene rings is 1. The van der Waals surface area contributed by atoms with Gasteiger partial charge < -0.3 is 15.0 Å². The molecule has 1 saturated heterocycles. The molecular formula is C16H22BrN3O3. The van der Waals surface area contributed by atoms with E-state index >= 15 is 0 Å². The van der Waals surface area contributed by atoms with Crippen molar-refractivity contribution in [2.75, 3.05) is 39.8 Å². The molecule has 1 aliphatic heterocycles. The second-order valence-electron chi connectivity index (χ2n) is 5.49. The van der Waals surface area contributed by atoms with Gasteiger partial charge in [-0.25, -0.2) is 0 Å². The predicted molar refractivity (Wildman–Crippen MR) is 91.3 cm³/mol. The van der Waals surface area contributed by atoms with Crippen molar-refractivity contribution in [3.63, 3.8) is 0 Å². The highest BCUT2D eigenvalue weighted by Gasteiger charge is 2.26. The zero-order chi connectivity index (χ0) is 16.8. The average Bonchev–Trinajstić information content (AvgIpc) is 2.56. The van der Waals surface area contributed by atoms with Crippen LogP contribution < -0.4 is 10.1 Å². The molecule has 126 valence electrons. The molecule has 1 aromatic rings. The smallest absolute Gasteiger partial charge is 0.263 e. The average molecular weight is 384 g/mol. The van der Waals surface area contributed by atoms with Crippen LogP contribution in [-0.2, 0) is 9.59 Å². The van der Waals surface area contributed by atoms with Crippen molar-refractivity contribution in [2.24, 2.45) is 0 Å². The van der Waals surface area contributed by atoms with Gasteiger partial charge in [-0.3, -0.25) is 14.5 Å². The fraction of sp³-hybridized carbons (Fsp3) is 0.500. The van der Waals surface area contributed by atoms with Crippen molar-refractivity contribution >= 4 is 27.7 Å². The lowest BCUT2D eigenvalue weighted by molar-refractivity contribution is -0.139. The molecule has 1 N–H and O–H groups in total. The number of carbonyl (C=O) groups excluding carboxylic acids is 2. The Morgan fingerprint density at radius 1 is 1.22 bits per heavy atom. The summed E-state index contributed by atoms with van der Waals surface area (Å²) in [6, 6.07) is 7.42. The lowest BCUT2D eigenvalue weighted by Gasteiger charge is -2.35. The molecule has 6 nitrogen and oxygen atoms in total. The molecule has 0 aliphatic carbocycles. The van der Waals surface area contributed by atoms with Crippen LogP contribution in [0.1, 0.15) is 6.92 Å². The largest absolute Gasteiger partial charge is 0.481 e. The number of likely N-dealkylation sites (N-methyl/N-ethyl adjacent to an activating group) is 1. The predicted octanol–water partition coefficient (Wildman–Crippen LogP) is 1.11. The maximum absolute atomic E-state index is 12.4. The van der Waals surface area contributed by atoms with Gasteiger partial charge in [0.2, 0.25) is 5.91 Å². The molecule has 1 atom stereocenters. The van der Waals surface area contributed by atoms with Crippen molar-refractivity contribution in [1.29, 1.82) is 0 Å². The van der Waals surface area contributed by atoms with E-state index in [4.69, 9.17) is 4.74 Å². The highest BCUT2D eigenvalue weighted by atomic mass is 79.9. The molecule has 0 aromatic heterocycles. The van der Waals surface area contributed by atoms with E-state index in [9.17, 15) is 9.59 Å². The van der Waals surface area contributed by atoms with Gasteiger partial charge in [-0.1, -0.05) is 15.9 Å². The number of rotatable bonds is 5. The molecule has 2 amide bonds. The molecule has 1 unspecified atom stereocenters. The summed E-state index contributed by atoms with van der Waals surface area (Å²) in [6.45, 7) is 4.77. The highest BCUT2D eigenvalue weighted by molar-refractivity contribution is 9.10. The number of hydrogen-bond donors (Lipinski definition) is 1. The van der Waals surface area contributed by atoms with Gasteiger partial charge in [0.05, 0.1) is 6.54 Å². The van der Waals surface area contributed by atoms with Crippen LogP contribution in [-0.4, -0.2) is 67.5 Å². The minimum absolute atomic E-state index is 0.00304. The molecule has 7 heteroatoms. The Morgan fingerprint density at radius 2 is 1.83 bits per heavy atom. The van der Waals surface area contributed by atoms with Crippen LogP contribution in [0.2, 0.25) is 0 Å². The topological polar surface area (TPSA) is 61.9 Å². The van der Waals surface area contributed by atoms with Crippen LogP contribution >= 0.6 is 15.9 Å². The van der Waals surface area contributed by atoms with E-state index < -0.39 is 6.10 Å². The third-order valence-electron chi connectivity index (χ3n) is 3.80. The first-order valence-electron chi connectivity index (χ1n) is 7.63. The molecule has 0 radical (unpaired) electrons. The molecule has 0 spiro atoms. The number of carbonyl (C=O) groups is 2. The monoisotopic (exact) mass is 383 g/mol. The molecule has 0 bridgehead atoms. The van der Waals surface area contributed by atoms with Crippen LogP contribution in [0.5, 0.6) is 5.75 Å². The fourth-order valence-corrected chi connectivity index (χ4v) is 2.70. The Hall–Kier alpha value is -1.60. The molecule has 2 rings (SSSR count). The normalized spacial score (nSPS) is 16.7. The van der Waals surface area contributed by atoms with Gasteiger partial charge in [0.25, 0.3) is 5.91 Å². The summed E-state index contributed by atoms with van der Waals surface area (Å²) >= 11 is 3.37. The summed E-state index contributed by atoms with van der Waals surface area (Å²) in [5.41, 5.74) is 0. The summed E-state index contributed by atoms with van der Waals surface area (Å²) in [6.07, 6.45) is -0.526. The van der Waals surface area contributed by atoms with Crippen molar-refractivity contribution in [3.8, 4) is 5.75 Å². The first-order valence-corrected chi connectivity index (χ1v) is 8.43. The third-order valence-corrected chi connectivity index (χ3v) is 4.33. The van der Waals surface area contributed by atoms with Gasteiger partial charge in [-0.2, -0.15) is 0 Å². The summed E-state index contributed by atoms with van der Waals surface area (Å²) in [5, 5.41) is 2.61. The molecule has 23 heavy (non-hydrogen) atoms. The van der Waals surface area contributed by atoms with Crippen molar-refractivity contribution in [1.82, 2.24) is 15.1 Å². The molecule has 1 fully saturated rings. The maximum atomic E-state index is 12.4. The van der Waals surface area contributed by atoms with Gasteiger partial charge in [0, 0.05) is 37.7 Å². The Morgan fingerprint density at radius 3 is 2.39 bits per heavy atom. The van der Waals surface area contributed by atoms with Gasteiger partial charge >= 0.3 is 0 Å². The van der Waals surface area contributed by atoms with Crippen molar-refractivity contribution < 1.29 is 14.3 Å². The standard InChI is InChI=1S/C16H22BrN3O3/c1-12(23-14-5-3-13(17)4-6-14)16(22)20-9-7-19(8-10-20)11-15(21)18-2/h3-6,12H,7-11H2,1-2H3,(H,18,21). The second kappa shape index (κ2) is 8.31. The van der Waals surface area contributed by atoms with Crippen LogP contribution in [0.15, 0.2) is 28.7 Å². The zero-order valence-electron chi connectivity index (χ0n) is 13.4. The van der Waals surface area contributed by atoms with Gasteiger partial charge in [-0.15, -0.1) is 0 Å². The Labute approximate surface area is 144 Å². The molecule has 1 aliphatic rings. The van der Waals surface area contributed by atoms with Crippen LogP contribution in [0.25, 0.3) is 0 Å². The van der Waals surface area contributed by atoms with Gasteiger partial charge in [0.15, 0.2) is 6.10 Å². The number of nitrogens with zero attached hydrogens (tertiary/aromatic N) is 2. The second-order valence-corrected chi connectivity index (χ2v) is 6.40. The first kappa shape index (κ1) is 17.7. The van der Waals surface area contributed by atoms with E-state index in [0.717, 1.165) is 4.47 Å². The summed E-state index contributed by atoms with van der Waals surface area (Å²) in [5.74, 6) is 0.650. The maximum Gasteiger partial charge on any atom is 0.263 e. The summed E-state index contributed by atoms with van der Waals surface area (Å²) in [4.78, 5) is 27.7. The lowest BCUT2D eigenvalue weighted by atomic mass is 10.2. The minimum Gasteiger partial charge on any atom is -0.481 e. The van der Waals surface area contributed by atoms with Crippen molar-refractivity contribution in [2.45, 2.75) is 13.0 Å². The number of hydrogen-bond acceptors (Lipinski definition) is 4. The molecule has 0 saturated carbocycles. The number of halogens is 1. The van der Waals surface area contributed by atoms with E-state index in [1.54, 1.807) is 18.9 Å². The molecule has 1 heterocycles. The van der Waals surface area contributed by atoms with Gasteiger partial charge in [0.1, 0.15) is 5.75 Å². The Kier molecular flexibility index (Phi) is 6.41. The van der Waals surface area contributed by atoms with Crippen LogP contribution in [0.3, 0.4) is 0 Å². The third kappa shape index (κ3) is 5.21. The van der Waals surface area contributed by atoms with E-state index in [0.29, 0.717) is 38.5 Å². The molecular weight excluding hydrogens is 362 g/mol. The van der Waals surface area contributed by atoms with Crippen molar-refractivity contribution in [3.05, 3.63) is 28.7 Å². The van der Waals surface area contributed by atoms with Crippen LogP contribution in [0, 0.1) is 0 Å². The van der Waals surface area contributed by atoms with Gasteiger partial charge in [-0.05, 0) is 31.2 Å². The summed E-state index contributed by atoms with van der Waals surface area (Å²) < 4.78 is 6.67. The highest BCUT2D eigenvalue weighted by Crippen LogP contribution is 2.18. The number of nitrogens with one attached hydrogen (secondary N) is 1. The first-order chi connectivity index (χ1) is 11.0.